The van der Waals surface area contributed by atoms with Gasteiger partial charge >= 0.3 is 0 Å². The maximum absolute atomic E-state index is 3.69. The summed E-state index contributed by atoms with van der Waals surface area (Å²) >= 11 is 0. The van der Waals surface area contributed by atoms with E-state index in [0.29, 0.717) is 0 Å². The fourth-order valence-corrected chi connectivity index (χ4v) is 7.30. The van der Waals surface area contributed by atoms with Gasteiger partial charge in [0.15, 0.2) is 0 Å². The van der Waals surface area contributed by atoms with E-state index >= 15 is 0 Å². The highest BCUT2D eigenvalue weighted by Crippen LogP contribution is 2.67. The van der Waals surface area contributed by atoms with Gasteiger partial charge in [0.05, 0.1) is 10.8 Å². The summed E-state index contributed by atoms with van der Waals surface area (Å²) in [5.74, 6) is 0. The van der Waals surface area contributed by atoms with E-state index in [4.69, 9.17) is 0 Å². The third kappa shape index (κ3) is 2.72. The van der Waals surface area contributed by atoms with Gasteiger partial charge in [-0.25, -0.2) is 0 Å². The summed E-state index contributed by atoms with van der Waals surface area (Å²) in [6, 6.07) is 23.7. The Bertz CT molecular complexity index is 1610. The molecule has 0 N–H and O–H groups in total. The lowest BCUT2D eigenvalue weighted by atomic mass is 9.43. The van der Waals surface area contributed by atoms with Gasteiger partial charge in [-0.2, -0.15) is 0 Å². The molecule has 8 rings (SSSR count). The molecule has 2 bridgehead atoms. The molecule has 0 heteroatoms. The molecule has 0 fully saturated rings. The van der Waals surface area contributed by atoms with Crippen molar-refractivity contribution in [3.8, 4) is 0 Å². The van der Waals surface area contributed by atoms with E-state index in [2.05, 4.69) is 150 Å². The maximum atomic E-state index is 3.69. The highest BCUT2D eigenvalue weighted by molar-refractivity contribution is 5.84. The Hall–Kier alpha value is -3.82. The van der Waals surface area contributed by atoms with Gasteiger partial charge in [0.1, 0.15) is 0 Å². The van der Waals surface area contributed by atoms with Crippen molar-refractivity contribution in [2.75, 3.05) is 0 Å². The first-order valence-electron chi connectivity index (χ1n) is 13.8. The Morgan fingerprint density at radius 3 is 1.24 bits per heavy atom. The molecule has 38 heavy (non-hydrogen) atoms. The largest absolute Gasteiger partial charge is 0.116 e. The summed E-state index contributed by atoms with van der Waals surface area (Å²) in [4.78, 5) is 0. The standard InChI is InChI=1S/C38H34/c1-35(2,3)27-19-21-31-33(23-27)37(25-13-7-8-14-25)29-17-11-12-18-30(29)38(31,26-15-9-10-16-26)34-24-28(36(4,5)6)20-22-32(34)37/h7-13,15,17-24H,1-6H3. The fraction of sp³-hybridized carbons (Fsp3) is 0.263. The SMILES string of the molecule is CC(C)(C)c1ccc2c(c1)C1(C3=C=CC=C3)c3ccccc3C2(C2=C=CC=C2)c2cc(C(C)(C)C)ccc21. The minimum absolute atomic E-state index is 0.0423. The predicted octanol–water partition coefficient (Wildman–Crippen LogP) is 8.88. The molecule has 0 saturated carbocycles. The highest BCUT2D eigenvalue weighted by atomic mass is 14.6. The molecule has 3 aromatic carbocycles. The second-order valence-electron chi connectivity index (χ2n) is 13.2. The number of hydrogen-bond donors (Lipinski definition) is 0. The highest BCUT2D eigenvalue weighted by Gasteiger charge is 2.61. The van der Waals surface area contributed by atoms with Gasteiger partial charge in [0.25, 0.3) is 0 Å². The zero-order valence-electron chi connectivity index (χ0n) is 23.2. The quantitative estimate of drug-likeness (QED) is 0.315. The van der Waals surface area contributed by atoms with Crippen molar-refractivity contribution < 1.29 is 0 Å². The lowest BCUT2D eigenvalue weighted by Crippen LogP contribution is -2.52. The van der Waals surface area contributed by atoms with Crippen LogP contribution < -0.4 is 0 Å². The van der Waals surface area contributed by atoms with Crippen LogP contribution in [0.4, 0.5) is 0 Å². The molecule has 186 valence electrons. The molecule has 2 atom stereocenters. The molecule has 0 heterocycles. The molecule has 0 radical (unpaired) electrons. The molecule has 0 aliphatic heterocycles. The van der Waals surface area contributed by atoms with Crippen molar-refractivity contribution in [3.63, 3.8) is 0 Å². The van der Waals surface area contributed by atoms with Gasteiger partial charge in [0.2, 0.25) is 0 Å². The average molecular weight is 491 g/mol. The molecular formula is C38H34. The second kappa shape index (κ2) is 7.39. The summed E-state index contributed by atoms with van der Waals surface area (Å²) < 4.78 is 0. The fourth-order valence-electron chi connectivity index (χ4n) is 7.30. The van der Waals surface area contributed by atoms with E-state index in [0.717, 1.165) is 0 Å². The lowest BCUT2D eigenvalue weighted by molar-refractivity contribution is 0.538. The topological polar surface area (TPSA) is 0 Å². The first-order valence-corrected chi connectivity index (χ1v) is 13.8. The lowest BCUT2D eigenvalue weighted by Gasteiger charge is -2.57. The summed E-state index contributed by atoms with van der Waals surface area (Å²) in [5, 5.41) is 0. The maximum Gasteiger partial charge on any atom is 0.0783 e. The van der Waals surface area contributed by atoms with Crippen molar-refractivity contribution in [1.82, 2.24) is 0 Å². The Balaban J connectivity index is 1.75. The van der Waals surface area contributed by atoms with Crippen LogP contribution in [0.5, 0.6) is 0 Å². The van der Waals surface area contributed by atoms with E-state index in [-0.39, 0.29) is 10.8 Å². The van der Waals surface area contributed by atoms with Crippen molar-refractivity contribution in [1.29, 1.82) is 0 Å². The van der Waals surface area contributed by atoms with Crippen LogP contribution in [0.15, 0.2) is 120 Å². The minimum Gasteiger partial charge on any atom is -0.116 e. The van der Waals surface area contributed by atoms with E-state index in [1.165, 1.54) is 55.7 Å². The van der Waals surface area contributed by atoms with Crippen LogP contribution in [-0.4, -0.2) is 0 Å². The van der Waals surface area contributed by atoms with Crippen molar-refractivity contribution in [2.45, 2.75) is 63.2 Å². The van der Waals surface area contributed by atoms with E-state index in [1.54, 1.807) is 0 Å². The van der Waals surface area contributed by atoms with Gasteiger partial charge in [-0.15, -0.1) is 11.5 Å². The van der Waals surface area contributed by atoms with E-state index in [9.17, 15) is 0 Å². The number of benzene rings is 3. The van der Waals surface area contributed by atoms with Gasteiger partial charge in [-0.05, 0) is 79.6 Å². The molecule has 0 amide bonds. The van der Waals surface area contributed by atoms with Gasteiger partial charge in [-0.3, -0.25) is 0 Å². The first kappa shape index (κ1) is 23.3. The van der Waals surface area contributed by atoms with Crippen LogP contribution in [0.1, 0.15) is 86.1 Å². The third-order valence-corrected chi connectivity index (χ3v) is 9.13. The molecule has 0 saturated heterocycles. The minimum atomic E-state index is -0.420. The molecule has 3 aromatic rings. The smallest absolute Gasteiger partial charge is 0.0783 e. The first-order chi connectivity index (χ1) is 18.1. The van der Waals surface area contributed by atoms with Gasteiger partial charge < -0.3 is 0 Å². The second-order valence-corrected chi connectivity index (χ2v) is 13.2. The van der Waals surface area contributed by atoms with E-state index < -0.39 is 10.8 Å². The normalized spacial score (nSPS) is 23.8. The van der Waals surface area contributed by atoms with Crippen molar-refractivity contribution in [2.24, 2.45) is 0 Å². The zero-order valence-corrected chi connectivity index (χ0v) is 23.2. The average Bonchev–Trinajstić information content (AvgIpc) is 3.62. The Morgan fingerprint density at radius 2 is 0.895 bits per heavy atom. The Kier molecular flexibility index (Phi) is 4.53. The number of rotatable bonds is 2. The Labute approximate surface area is 227 Å². The Morgan fingerprint density at radius 1 is 0.500 bits per heavy atom. The van der Waals surface area contributed by atoms with Crippen LogP contribution in [-0.2, 0) is 21.7 Å². The van der Waals surface area contributed by atoms with E-state index in [1.807, 2.05) is 0 Å². The monoisotopic (exact) mass is 490 g/mol. The molecule has 0 nitrogen and oxygen atoms in total. The molecule has 2 unspecified atom stereocenters. The number of hydrogen-bond acceptors (Lipinski definition) is 0. The van der Waals surface area contributed by atoms with Crippen molar-refractivity contribution in [3.05, 3.63) is 164 Å². The zero-order chi connectivity index (χ0) is 26.5. The summed E-state index contributed by atoms with van der Waals surface area (Å²) in [5.41, 5.74) is 20.1. The summed E-state index contributed by atoms with van der Waals surface area (Å²) in [6.07, 6.45) is 13.0. The molecule has 5 aliphatic rings. The summed E-state index contributed by atoms with van der Waals surface area (Å²) in [7, 11) is 0. The third-order valence-electron chi connectivity index (χ3n) is 9.13. The van der Waals surface area contributed by atoms with Crippen LogP contribution in [0.25, 0.3) is 0 Å². The molecule has 5 aliphatic carbocycles. The van der Waals surface area contributed by atoms with Crippen LogP contribution >= 0.6 is 0 Å². The van der Waals surface area contributed by atoms with Crippen LogP contribution in [0.2, 0.25) is 0 Å². The van der Waals surface area contributed by atoms with Crippen LogP contribution in [0.3, 0.4) is 0 Å². The molecular weight excluding hydrogens is 456 g/mol. The van der Waals surface area contributed by atoms with Gasteiger partial charge in [-0.1, -0.05) is 114 Å². The summed E-state index contributed by atoms with van der Waals surface area (Å²) in [6.45, 7) is 13.9. The molecule has 0 aromatic heterocycles. The van der Waals surface area contributed by atoms with Gasteiger partial charge in [0, 0.05) is 11.1 Å². The van der Waals surface area contributed by atoms with Crippen LogP contribution in [0, 0.1) is 0 Å². The van der Waals surface area contributed by atoms with Crippen molar-refractivity contribution >= 4 is 0 Å². The molecule has 0 spiro atoms. The number of allylic oxidation sites excluding steroid dienone is 6. The predicted molar refractivity (Wildman–Crippen MR) is 158 cm³/mol.